The molecule has 0 aliphatic carbocycles. The van der Waals surface area contributed by atoms with Crippen LogP contribution in [0.5, 0.6) is 0 Å². The van der Waals surface area contributed by atoms with Crippen molar-refractivity contribution in [2.24, 2.45) is 0 Å². The molecule has 0 saturated carbocycles. The average molecular weight is 260 g/mol. The molecule has 2 N–H and O–H groups in total. The van der Waals surface area contributed by atoms with Gasteiger partial charge in [0, 0.05) is 16.3 Å². The Morgan fingerprint density at radius 2 is 2.12 bits per heavy atom. The topological polar surface area (TPSA) is 69.6 Å². The molecule has 0 saturated heterocycles. The van der Waals surface area contributed by atoms with Crippen molar-refractivity contribution in [2.45, 2.75) is 13.0 Å². The highest BCUT2D eigenvalue weighted by Gasteiger charge is 2.13. The Hall–Kier alpha value is -1.76. The summed E-state index contributed by atoms with van der Waals surface area (Å²) in [6, 6.07) is 4.68. The minimum atomic E-state index is -2.53. The molecule has 0 aliphatic heterocycles. The zero-order valence-corrected chi connectivity index (χ0v) is 9.27. The first kappa shape index (κ1) is 11.7. The second-order valence-electron chi connectivity index (χ2n) is 3.35. The van der Waals surface area contributed by atoms with Crippen molar-refractivity contribution in [3.8, 4) is 11.4 Å². The van der Waals surface area contributed by atoms with E-state index in [1.54, 1.807) is 18.2 Å². The van der Waals surface area contributed by atoms with Gasteiger partial charge >= 0.3 is 0 Å². The lowest BCUT2D eigenvalue weighted by atomic mass is 10.2. The van der Waals surface area contributed by atoms with Crippen LogP contribution >= 0.6 is 11.6 Å². The lowest BCUT2D eigenvalue weighted by Crippen LogP contribution is -2.10. The van der Waals surface area contributed by atoms with Gasteiger partial charge in [-0.15, -0.1) is 5.10 Å². The third-order valence-corrected chi connectivity index (χ3v) is 2.24. The van der Waals surface area contributed by atoms with Gasteiger partial charge in [-0.3, -0.25) is 0 Å². The van der Waals surface area contributed by atoms with E-state index in [9.17, 15) is 8.78 Å². The van der Waals surface area contributed by atoms with Gasteiger partial charge < -0.3 is 5.73 Å². The number of nitrogens with two attached hydrogens (primary N) is 1. The summed E-state index contributed by atoms with van der Waals surface area (Å²) in [5, 5.41) is 10.9. The molecule has 17 heavy (non-hydrogen) atoms. The summed E-state index contributed by atoms with van der Waals surface area (Å²) in [6.45, 7) is -0.575. The smallest absolute Gasteiger partial charge is 0.258 e. The molecule has 0 radical (unpaired) electrons. The van der Waals surface area contributed by atoms with E-state index in [0.29, 0.717) is 16.3 Å². The molecule has 0 amide bonds. The fourth-order valence-electron chi connectivity index (χ4n) is 1.41. The maximum atomic E-state index is 12.3. The number of aromatic nitrogens is 4. The first-order valence-electron chi connectivity index (χ1n) is 4.67. The highest BCUT2D eigenvalue weighted by Crippen LogP contribution is 2.24. The quantitative estimate of drug-likeness (QED) is 0.854. The van der Waals surface area contributed by atoms with Crippen LogP contribution in [-0.4, -0.2) is 26.6 Å². The summed E-state index contributed by atoms with van der Waals surface area (Å²) in [7, 11) is 0. The van der Waals surface area contributed by atoms with Gasteiger partial charge in [-0.2, -0.15) is 0 Å². The standard InChI is InChI=1S/C9H8ClF2N5/c10-6-1-5(2-7(13)3-6)9-14-15-16-17(9)4-8(11)12/h1-3,8H,4,13H2. The van der Waals surface area contributed by atoms with Crippen LogP contribution in [0.1, 0.15) is 0 Å². The Morgan fingerprint density at radius 3 is 2.76 bits per heavy atom. The molecule has 1 heterocycles. The fraction of sp³-hybridized carbons (Fsp3) is 0.222. The van der Waals surface area contributed by atoms with Gasteiger partial charge in [-0.05, 0) is 28.6 Å². The van der Waals surface area contributed by atoms with Crippen LogP contribution in [0.3, 0.4) is 0 Å². The molecule has 1 aromatic heterocycles. The van der Waals surface area contributed by atoms with Crippen LogP contribution in [0.25, 0.3) is 11.4 Å². The second kappa shape index (κ2) is 4.62. The van der Waals surface area contributed by atoms with E-state index in [2.05, 4.69) is 15.5 Å². The Bertz CT molecular complexity index is 508. The highest BCUT2D eigenvalue weighted by molar-refractivity contribution is 6.31. The summed E-state index contributed by atoms with van der Waals surface area (Å²) < 4.78 is 25.6. The summed E-state index contributed by atoms with van der Waals surface area (Å²) in [4.78, 5) is 0. The maximum Gasteiger partial charge on any atom is 0.258 e. The summed E-state index contributed by atoms with van der Waals surface area (Å²) in [6.07, 6.45) is -2.53. The van der Waals surface area contributed by atoms with Crippen LogP contribution in [0.2, 0.25) is 5.02 Å². The van der Waals surface area contributed by atoms with Crippen molar-refractivity contribution < 1.29 is 8.78 Å². The van der Waals surface area contributed by atoms with Gasteiger partial charge in [0.2, 0.25) is 0 Å². The summed E-state index contributed by atoms with van der Waals surface area (Å²) in [5.41, 5.74) is 6.52. The van der Waals surface area contributed by atoms with E-state index in [1.165, 1.54) is 0 Å². The third-order valence-electron chi connectivity index (χ3n) is 2.02. The van der Waals surface area contributed by atoms with Crippen LogP contribution in [0.15, 0.2) is 18.2 Å². The zero-order valence-electron chi connectivity index (χ0n) is 8.52. The molecule has 0 fully saturated rings. The van der Waals surface area contributed by atoms with Gasteiger partial charge in [0.1, 0.15) is 6.54 Å². The molecule has 2 rings (SSSR count). The van der Waals surface area contributed by atoms with Gasteiger partial charge in [0.05, 0.1) is 0 Å². The molecule has 90 valence electrons. The van der Waals surface area contributed by atoms with Gasteiger partial charge in [0.25, 0.3) is 6.43 Å². The number of nitrogen functional groups attached to an aromatic ring is 1. The Morgan fingerprint density at radius 1 is 1.35 bits per heavy atom. The van der Waals surface area contributed by atoms with Crippen molar-refractivity contribution in [2.75, 3.05) is 5.73 Å². The van der Waals surface area contributed by atoms with E-state index in [4.69, 9.17) is 17.3 Å². The molecule has 5 nitrogen and oxygen atoms in total. The largest absolute Gasteiger partial charge is 0.399 e. The van der Waals surface area contributed by atoms with Crippen molar-refractivity contribution in [3.05, 3.63) is 23.2 Å². The fourth-order valence-corrected chi connectivity index (χ4v) is 1.65. The van der Waals surface area contributed by atoms with E-state index in [0.717, 1.165) is 4.68 Å². The van der Waals surface area contributed by atoms with Gasteiger partial charge in [-0.1, -0.05) is 11.6 Å². The molecule has 0 atom stereocenters. The molecule has 0 unspecified atom stereocenters. The van der Waals surface area contributed by atoms with Crippen LogP contribution in [0.4, 0.5) is 14.5 Å². The number of nitrogens with zero attached hydrogens (tertiary/aromatic N) is 4. The third kappa shape index (κ3) is 2.68. The van der Waals surface area contributed by atoms with Crippen molar-refractivity contribution in [1.82, 2.24) is 20.2 Å². The first-order valence-corrected chi connectivity index (χ1v) is 5.05. The number of alkyl halides is 2. The minimum Gasteiger partial charge on any atom is -0.399 e. The Balaban J connectivity index is 2.42. The minimum absolute atomic E-state index is 0.208. The predicted octanol–water partition coefficient (Wildman–Crippen LogP) is 1.84. The summed E-state index contributed by atoms with van der Waals surface area (Å²) in [5.74, 6) is 0.208. The number of halogens is 3. The molecule has 1 aromatic carbocycles. The van der Waals surface area contributed by atoms with E-state index in [1.807, 2.05) is 0 Å². The molecule has 8 heteroatoms. The second-order valence-corrected chi connectivity index (χ2v) is 3.79. The predicted molar refractivity (Wildman–Crippen MR) is 58.7 cm³/mol. The lowest BCUT2D eigenvalue weighted by Gasteiger charge is -2.05. The first-order chi connectivity index (χ1) is 8.06. The van der Waals surface area contributed by atoms with Gasteiger partial charge in [-0.25, -0.2) is 13.5 Å². The molecular formula is C9H8ClF2N5. The number of rotatable bonds is 3. The normalized spacial score (nSPS) is 11.1. The van der Waals surface area contributed by atoms with E-state index < -0.39 is 13.0 Å². The average Bonchev–Trinajstić information content (AvgIpc) is 2.63. The number of anilines is 1. The number of benzene rings is 1. The molecule has 0 bridgehead atoms. The number of hydrogen-bond donors (Lipinski definition) is 1. The van der Waals surface area contributed by atoms with Crippen molar-refractivity contribution in [1.29, 1.82) is 0 Å². The molecular weight excluding hydrogens is 252 g/mol. The molecule has 2 aromatic rings. The lowest BCUT2D eigenvalue weighted by molar-refractivity contribution is 0.121. The number of tetrazole rings is 1. The molecule has 0 spiro atoms. The van der Waals surface area contributed by atoms with E-state index in [-0.39, 0.29) is 5.82 Å². The Labute approximate surface area is 100 Å². The van der Waals surface area contributed by atoms with Gasteiger partial charge in [0.15, 0.2) is 5.82 Å². The van der Waals surface area contributed by atoms with Crippen LogP contribution < -0.4 is 5.73 Å². The summed E-state index contributed by atoms with van der Waals surface area (Å²) >= 11 is 5.82. The number of hydrogen-bond acceptors (Lipinski definition) is 4. The monoisotopic (exact) mass is 259 g/mol. The maximum absolute atomic E-state index is 12.3. The highest BCUT2D eigenvalue weighted by atomic mass is 35.5. The zero-order chi connectivity index (χ0) is 12.4. The van der Waals surface area contributed by atoms with Crippen LogP contribution in [-0.2, 0) is 6.54 Å². The van der Waals surface area contributed by atoms with Crippen molar-refractivity contribution in [3.63, 3.8) is 0 Å². The SMILES string of the molecule is Nc1cc(Cl)cc(-c2nnnn2CC(F)F)c1. The van der Waals surface area contributed by atoms with E-state index >= 15 is 0 Å². The molecule has 0 aliphatic rings. The Kier molecular flexibility index (Phi) is 3.19. The van der Waals surface area contributed by atoms with Crippen LogP contribution in [0, 0.1) is 0 Å². The van der Waals surface area contributed by atoms with Crippen molar-refractivity contribution >= 4 is 17.3 Å².